The number of carbonyl (C=O) groups is 1. The number of likely N-dealkylation sites (tertiary alicyclic amines) is 1. The first-order valence-corrected chi connectivity index (χ1v) is 8.91. The molecule has 1 fully saturated rings. The lowest BCUT2D eigenvalue weighted by Gasteiger charge is -2.26. The van der Waals surface area contributed by atoms with Crippen molar-refractivity contribution in [2.24, 2.45) is 0 Å². The van der Waals surface area contributed by atoms with Crippen molar-refractivity contribution in [2.75, 3.05) is 0 Å². The molecule has 1 amide bonds. The molecule has 1 aliphatic rings. The van der Waals surface area contributed by atoms with Crippen LogP contribution in [0.3, 0.4) is 0 Å². The number of aromatic amines is 1. The van der Waals surface area contributed by atoms with Crippen LogP contribution in [0.5, 0.6) is 0 Å². The van der Waals surface area contributed by atoms with Gasteiger partial charge in [0.15, 0.2) is 10.6 Å². The molecule has 128 valence electrons. The molecule has 3 rings (SSSR count). The second-order valence-electron chi connectivity index (χ2n) is 6.70. The third kappa shape index (κ3) is 3.29. The molecule has 2 heterocycles. The van der Waals surface area contributed by atoms with Crippen molar-refractivity contribution >= 4 is 18.1 Å². The number of nitrogens with one attached hydrogen (secondary N) is 1. The Bertz CT molecular complexity index is 767. The normalized spacial score (nSPS) is 20.5. The summed E-state index contributed by atoms with van der Waals surface area (Å²) >= 11 is 5.35. The minimum Gasteiger partial charge on any atom is -0.337 e. The molecule has 1 N–H and O–H groups in total. The predicted octanol–water partition coefficient (Wildman–Crippen LogP) is 3.71. The summed E-state index contributed by atoms with van der Waals surface area (Å²) in [7, 11) is 0. The van der Waals surface area contributed by atoms with Gasteiger partial charge < -0.3 is 4.90 Å². The van der Waals surface area contributed by atoms with Gasteiger partial charge in [0, 0.05) is 30.6 Å². The first-order valence-electron chi connectivity index (χ1n) is 8.51. The van der Waals surface area contributed by atoms with Crippen LogP contribution >= 0.6 is 12.2 Å². The molecule has 6 heteroatoms. The van der Waals surface area contributed by atoms with Crippen LogP contribution in [-0.4, -0.2) is 37.7 Å². The summed E-state index contributed by atoms with van der Waals surface area (Å²) in [5.41, 5.74) is 2.20. The van der Waals surface area contributed by atoms with Crippen LogP contribution in [0.4, 0.5) is 0 Å². The van der Waals surface area contributed by atoms with Crippen molar-refractivity contribution in [2.45, 2.75) is 58.7 Å². The summed E-state index contributed by atoms with van der Waals surface area (Å²) < 4.78 is 2.48. The molecule has 0 saturated carbocycles. The molecule has 24 heavy (non-hydrogen) atoms. The standard InChI is InChI=1S/C18H24N4OS/c1-12-4-8-15(9-5-12)17-19-20-18(24)21(17)11-10-16(23)22-13(2)6-7-14(22)3/h4-5,8-9,13-14H,6-7,10-11H2,1-3H3,(H,20,24)/t13-,14-/m0/s1. The number of aromatic nitrogens is 3. The maximum absolute atomic E-state index is 12.6. The van der Waals surface area contributed by atoms with Crippen LogP contribution < -0.4 is 0 Å². The highest BCUT2D eigenvalue weighted by atomic mass is 32.1. The second kappa shape index (κ2) is 6.89. The van der Waals surface area contributed by atoms with E-state index in [4.69, 9.17) is 12.2 Å². The summed E-state index contributed by atoms with van der Waals surface area (Å²) in [5, 5.41) is 7.19. The molecule has 0 spiro atoms. The van der Waals surface area contributed by atoms with Gasteiger partial charge in [-0.15, -0.1) is 0 Å². The molecule has 1 aromatic heterocycles. The summed E-state index contributed by atoms with van der Waals surface area (Å²) in [6.45, 7) is 6.86. The molecular formula is C18H24N4OS. The molecule has 2 atom stereocenters. The minimum absolute atomic E-state index is 0.199. The van der Waals surface area contributed by atoms with Gasteiger partial charge in [-0.05, 0) is 45.8 Å². The van der Waals surface area contributed by atoms with E-state index in [0.717, 1.165) is 24.2 Å². The fourth-order valence-corrected chi connectivity index (χ4v) is 3.69. The third-order valence-corrected chi connectivity index (χ3v) is 5.17. The first kappa shape index (κ1) is 16.9. The quantitative estimate of drug-likeness (QED) is 0.860. The fraction of sp³-hybridized carbons (Fsp3) is 0.500. The molecule has 5 nitrogen and oxygen atoms in total. The zero-order chi connectivity index (χ0) is 17.3. The van der Waals surface area contributed by atoms with Crippen LogP contribution in [0, 0.1) is 11.7 Å². The molecule has 1 saturated heterocycles. The van der Waals surface area contributed by atoms with Crippen LogP contribution in [0.15, 0.2) is 24.3 Å². The number of H-pyrrole nitrogens is 1. The van der Waals surface area contributed by atoms with Crippen LogP contribution in [0.25, 0.3) is 11.4 Å². The van der Waals surface area contributed by atoms with Crippen molar-refractivity contribution in [3.05, 3.63) is 34.6 Å². The highest BCUT2D eigenvalue weighted by molar-refractivity contribution is 7.71. The van der Waals surface area contributed by atoms with Crippen molar-refractivity contribution in [3.63, 3.8) is 0 Å². The predicted molar refractivity (Wildman–Crippen MR) is 97.2 cm³/mol. The minimum atomic E-state index is 0.199. The fourth-order valence-electron chi connectivity index (χ4n) is 3.47. The average molecular weight is 344 g/mol. The number of benzene rings is 1. The third-order valence-electron chi connectivity index (χ3n) is 4.86. The molecule has 0 radical (unpaired) electrons. The van der Waals surface area contributed by atoms with Gasteiger partial charge in [0.2, 0.25) is 5.91 Å². The van der Waals surface area contributed by atoms with Crippen molar-refractivity contribution in [3.8, 4) is 11.4 Å². The van der Waals surface area contributed by atoms with E-state index < -0.39 is 0 Å². The summed E-state index contributed by atoms with van der Waals surface area (Å²) in [6.07, 6.45) is 2.63. The lowest BCUT2D eigenvalue weighted by atomic mass is 10.1. The number of aryl methyl sites for hydroxylation is 1. The lowest BCUT2D eigenvalue weighted by Crippen LogP contribution is -2.38. The number of rotatable bonds is 4. The SMILES string of the molecule is Cc1ccc(-c2n[nH]c(=S)n2CCC(=O)N2[C@@H](C)CC[C@@H]2C)cc1. The van der Waals surface area contributed by atoms with Gasteiger partial charge in [-0.1, -0.05) is 29.8 Å². The smallest absolute Gasteiger partial charge is 0.224 e. The Morgan fingerprint density at radius 2 is 1.88 bits per heavy atom. The maximum Gasteiger partial charge on any atom is 0.224 e. The zero-order valence-electron chi connectivity index (χ0n) is 14.5. The Morgan fingerprint density at radius 1 is 1.25 bits per heavy atom. The monoisotopic (exact) mass is 344 g/mol. The largest absolute Gasteiger partial charge is 0.337 e. The van der Waals surface area contributed by atoms with Gasteiger partial charge in [0.05, 0.1) is 0 Å². The van der Waals surface area contributed by atoms with E-state index in [2.05, 4.69) is 43.1 Å². The molecule has 0 bridgehead atoms. The first-order chi connectivity index (χ1) is 11.5. The summed E-state index contributed by atoms with van der Waals surface area (Å²) in [6, 6.07) is 8.83. The van der Waals surface area contributed by atoms with E-state index in [1.54, 1.807) is 0 Å². The van der Waals surface area contributed by atoms with Gasteiger partial charge in [-0.25, -0.2) is 0 Å². The molecule has 0 aliphatic carbocycles. The van der Waals surface area contributed by atoms with Crippen LogP contribution in [-0.2, 0) is 11.3 Å². The number of hydrogen-bond donors (Lipinski definition) is 1. The average Bonchev–Trinajstić information content (AvgIpc) is 3.08. The van der Waals surface area contributed by atoms with Crippen LogP contribution in [0.2, 0.25) is 0 Å². The molecule has 0 unspecified atom stereocenters. The Balaban J connectivity index is 1.76. The summed E-state index contributed by atoms with van der Waals surface area (Å²) in [4.78, 5) is 14.6. The van der Waals surface area contributed by atoms with Gasteiger partial charge in [-0.3, -0.25) is 14.5 Å². The number of amides is 1. The molecule has 2 aromatic rings. The number of nitrogens with zero attached hydrogens (tertiary/aromatic N) is 3. The van der Waals surface area contributed by atoms with Crippen LogP contribution in [0.1, 0.15) is 38.7 Å². The topological polar surface area (TPSA) is 53.9 Å². The summed E-state index contributed by atoms with van der Waals surface area (Å²) in [5.74, 6) is 0.987. The Morgan fingerprint density at radius 3 is 2.50 bits per heavy atom. The van der Waals surface area contributed by atoms with Crippen molar-refractivity contribution < 1.29 is 4.79 Å². The van der Waals surface area contributed by atoms with E-state index in [1.807, 2.05) is 21.6 Å². The molecule has 1 aromatic carbocycles. The zero-order valence-corrected chi connectivity index (χ0v) is 15.3. The highest BCUT2D eigenvalue weighted by Gasteiger charge is 2.30. The highest BCUT2D eigenvalue weighted by Crippen LogP contribution is 2.25. The number of hydrogen-bond acceptors (Lipinski definition) is 3. The van der Waals surface area contributed by atoms with E-state index in [9.17, 15) is 4.79 Å². The van der Waals surface area contributed by atoms with E-state index in [0.29, 0.717) is 29.8 Å². The Kier molecular flexibility index (Phi) is 4.85. The van der Waals surface area contributed by atoms with Gasteiger partial charge in [0.1, 0.15) is 0 Å². The second-order valence-corrected chi connectivity index (χ2v) is 7.08. The molecule has 1 aliphatic heterocycles. The number of carbonyl (C=O) groups excluding carboxylic acids is 1. The lowest BCUT2D eigenvalue weighted by molar-refractivity contribution is -0.133. The van der Waals surface area contributed by atoms with Gasteiger partial charge in [-0.2, -0.15) is 5.10 Å². The Hall–Kier alpha value is -1.95. The van der Waals surface area contributed by atoms with E-state index >= 15 is 0 Å². The van der Waals surface area contributed by atoms with E-state index in [-0.39, 0.29) is 5.91 Å². The van der Waals surface area contributed by atoms with Gasteiger partial charge >= 0.3 is 0 Å². The van der Waals surface area contributed by atoms with Gasteiger partial charge in [0.25, 0.3) is 0 Å². The maximum atomic E-state index is 12.6. The van der Waals surface area contributed by atoms with E-state index in [1.165, 1.54) is 5.56 Å². The molecular weight excluding hydrogens is 320 g/mol. The van der Waals surface area contributed by atoms with Crippen molar-refractivity contribution in [1.29, 1.82) is 0 Å². The van der Waals surface area contributed by atoms with Crippen molar-refractivity contribution in [1.82, 2.24) is 19.7 Å². The Labute approximate surface area is 147 Å².